The van der Waals surface area contributed by atoms with E-state index >= 15 is 0 Å². The highest BCUT2D eigenvalue weighted by Gasteiger charge is 2.34. The Kier molecular flexibility index (Phi) is 8.41. The Morgan fingerprint density at radius 2 is 1.76 bits per heavy atom. The molecule has 0 aromatic heterocycles. The summed E-state index contributed by atoms with van der Waals surface area (Å²) in [5.74, 6) is 0.239. The number of hydrogen-bond donors (Lipinski definition) is 0. The number of halogens is 1. The Labute approximate surface area is 219 Å². The summed E-state index contributed by atoms with van der Waals surface area (Å²) in [4.78, 5) is 19.9. The quantitative estimate of drug-likeness (QED) is 0.367. The fourth-order valence-corrected chi connectivity index (χ4v) is 5.23. The van der Waals surface area contributed by atoms with Crippen molar-refractivity contribution in [1.82, 2.24) is 9.80 Å². The van der Waals surface area contributed by atoms with Gasteiger partial charge in [-0.1, -0.05) is 36.4 Å². The van der Waals surface area contributed by atoms with Crippen molar-refractivity contribution in [3.8, 4) is 5.75 Å². The Morgan fingerprint density at radius 1 is 1.05 bits per heavy atom. The Bertz CT molecular complexity index is 1250. The highest BCUT2D eigenvalue weighted by atomic mass is 19.1. The van der Waals surface area contributed by atoms with Gasteiger partial charge >= 0.3 is 0 Å². The van der Waals surface area contributed by atoms with Crippen LogP contribution in [0.3, 0.4) is 0 Å². The zero-order valence-corrected chi connectivity index (χ0v) is 22.1. The molecule has 0 saturated carbocycles. The smallest absolute Gasteiger partial charge is 0.258 e. The molecule has 0 unspecified atom stereocenters. The van der Waals surface area contributed by atoms with Gasteiger partial charge in [0, 0.05) is 50.0 Å². The van der Waals surface area contributed by atoms with Gasteiger partial charge in [0.25, 0.3) is 5.91 Å². The number of hydrogen-bond acceptors (Lipinski definition) is 4. The van der Waals surface area contributed by atoms with Crippen molar-refractivity contribution in [2.45, 2.75) is 32.0 Å². The summed E-state index contributed by atoms with van der Waals surface area (Å²) in [7, 11) is 3.35. The molecule has 3 atom stereocenters. The summed E-state index contributed by atoms with van der Waals surface area (Å²) in [6.45, 7) is 11.1. The van der Waals surface area contributed by atoms with E-state index in [2.05, 4.69) is 48.4 Å². The van der Waals surface area contributed by atoms with Crippen molar-refractivity contribution in [3.63, 3.8) is 0 Å². The number of ether oxygens (including phenoxy) is 1. The number of carbonyl (C=O) groups is 1. The molecule has 1 saturated heterocycles. The van der Waals surface area contributed by atoms with E-state index in [9.17, 15) is 9.18 Å². The summed E-state index contributed by atoms with van der Waals surface area (Å²) in [6, 6.07) is 22.6. The topological polar surface area (TPSA) is 36.0 Å². The lowest BCUT2D eigenvalue weighted by atomic mass is 9.92. The molecular formula is C31H36FN3O2. The van der Waals surface area contributed by atoms with Crippen molar-refractivity contribution >= 4 is 11.6 Å². The van der Waals surface area contributed by atoms with Crippen LogP contribution in [0.5, 0.6) is 5.75 Å². The van der Waals surface area contributed by atoms with Gasteiger partial charge in [0.05, 0.1) is 13.2 Å². The summed E-state index contributed by atoms with van der Waals surface area (Å²) in [6.07, 6.45) is 1.96. The predicted molar refractivity (Wildman–Crippen MR) is 148 cm³/mol. The molecule has 0 aliphatic carbocycles. The van der Waals surface area contributed by atoms with Crippen LogP contribution in [0.25, 0.3) is 0 Å². The van der Waals surface area contributed by atoms with Crippen LogP contribution in [0.1, 0.15) is 41.4 Å². The van der Waals surface area contributed by atoms with Gasteiger partial charge in [-0.2, -0.15) is 0 Å². The number of anilines is 1. The second-order valence-electron chi connectivity index (χ2n) is 9.79. The fraction of sp³-hybridized carbons (Fsp3) is 0.323. The van der Waals surface area contributed by atoms with Gasteiger partial charge in [0.15, 0.2) is 0 Å². The average molecular weight is 502 g/mol. The Hall–Kier alpha value is -3.48. The van der Waals surface area contributed by atoms with Gasteiger partial charge in [-0.25, -0.2) is 4.39 Å². The van der Waals surface area contributed by atoms with E-state index in [1.54, 1.807) is 26.3 Å². The highest BCUT2D eigenvalue weighted by molar-refractivity contribution is 6.05. The number of benzene rings is 3. The van der Waals surface area contributed by atoms with Crippen LogP contribution >= 0.6 is 0 Å². The number of methoxy groups -OCH3 is 1. The monoisotopic (exact) mass is 501 g/mol. The standard InChI is InChI=1S/C31H36FN3O2/c1-6-16-34-20-23(3)35(21-22(34)2)30(25-11-8-15-29(18-25)37-5)24-10-7-12-26(17-24)31(36)33(4)28-14-9-13-27(32)19-28/h6-15,17-19,22-23,30H,1,16,20-21H2,2-5H3/t22-,23+,30-/m1/s1. The average Bonchev–Trinajstić information content (AvgIpc) is 2.91. The zero-order valence-electron chi connectivity index (χ0n) is 22.1. The highest BCUT2D eigenvalue weighted by Crippen LogP contribution is 2.35. The predicted octanol–water partition coefficient (Wildman–Crippen LogP) is 5.78. The molecule has 0 radical (unpaired) electrons. The summed E-state index contributed by atoms with van der Waals surface area (Å²) < 4.78 is 19.3. The first-order chi connectivity index (χ1) is 17.8. The summed E-state index contributed by atoms with van der Waals surface area (Å²) in [5, 5.41) is 0. The third-order valence-corrected chi connectivity index (χ3v) is 7.22. The lowest BCUT2D eigenvalue weighted by Crippen LogP contribution is -2.57. The summed E-state index contributed by atoms with van der Waals surface area (Å²) >= 11 is 0. The zero-order chi connectivity index (χ0) is 26.5. The second-order valence-corrected chi connectivity index (χ2v) is 9.79. The molecule has 6 heteroatoms. The van der Waals surface area contributed by atoms with E-state index in [0.717, 1.165) is 36.5 Å². The third-order valence-electron chi connectivity index (χ3n) is 7.22. The van der Waals surface area contributed by atoms with Crippen molar-refractivity contribution in [2.75, 3.05) is 38.7 Å². The molecule has 194 valence electrons. The lowest BCUT2D eigenvalue weighted by molar-refractivity contribution is 0.0306. The van der Waals surface area contributed by atoms with Crippen LogP contribution < -0.4 is 9.64 Å². The Morgan fingerprint density at radius 3 is 2.46 bits per heavy atom. The first kappa shape index (κ1) is 26.6. The largest absolute Gasteiger partial charge is 0.497 e. The molecule has 1 aliphatic heterocycles. The lowest BCUT2D eigenvalue weighted by Gasteiger charge is -2.47. The van der Waals surface area contributed by atoms with Crippen LogP contribution in [-0.2, 0) is 0 Å². The van der Waals surface area contributed by atoms with Gasteiger partial charge in [-0.3, -0.25) is 14.6 Å². The SMILES string of the molecule is C=CCN1C[C@H](C)N([C@@H](c2cccc(OC)c2)c2cccc(C(=O)N(C)c3cccc(F)c3)c2)C[C@H]1C. The minimum absolute atomic E-state index is 0.0642. The summed E-state index contributed by atoms with van der Waals surface area (Å²) in [5.41, 5.74) is 3.21. The maximum Gasteiger partial charge on any atom is 0.258 e. The Balaban J connectivity index is 1.72. The van der Waals surface area contributed by atoms with Crippen molar-refractivity contribution in [2.24, 2.45) is 0 Å². The first-order valence-corrected chi connectivity index (χ1v) is 12.7. The molecule has 1 aliphatic rings. The maximum atomic E-state index is 13.8. The maximum absolute atomic E-state index is 13.8. The molecule has 4 rings (SSSR count). The van der Waals surface area contributed by atoms with Gasteiger partial charge in [0.1, 0.15) is 11.6 Å². The van der Waals surface area contributed by atoms with E-state index in [-0.39, 0.29) is 23.8 Å². The van der Waals surface area contributed by atoms with E-state index < -0.39 is 0 Å². The molecule has 0 N–H and O–H groups in total. The first-order valence-electron chi connectivity index (χ1n) is 12.7. The molecule has 3 aromatic rings. The number of amides is 1. The van der Waals surface area contributed by atoms with Crippen LogP contribution in [0.4, 0.5) is 10.1 Å². The molecule has 0 bridgehead atoms. The molecule has 1 fully saturated rings. The molecule has 3 aromatic carbocycles. The second kappa shape index (κ2) is 11.7. The van der Waals surface area contributed by atoms with Crippen molar-refractivity contribution in [1.29, 1.82) is 0 Å². The number of piperazine rings is 1. The number of carbonyl (C=O) groups excluding carboxylic acids is 1. The molecule has 1 amide bonds. The van der Waals surface area contributed by atoms with E-state index in [1.165, 1.54) is 17.0 Å². The van der Waals surface area contributed by atoms with E-state index in [0.29, 0.717) is 17.3 Å². The normalized spacial score (nSPS) is 19.3. The van der Waals surface area contributed by atoms with Gasteiger partial charge in [-0.15, -0.1) is 6.58 Å². The van der Waals surface area contributed by atoms with E-state index in [4.69, 9.17) is 4.74 Å². The van der Waals surface area contributed by atoms with Crippen LogP contribution in [0.2, 0.25) is 0 Å². The molecule has 37 heavy (non-hydrogen) atoms. The molecule has 5 nitrogen and oxygen atoms in total. The molecule has 0 spiro atoms. The van der Waals surface area contributed by atoms with Crippen LogP contribution in [0.15, 0.2) is 85.5 Å². The molecule has 1 heterocycles. The van der Waals surface area contributed by atoms with Gasteiger partial charge < -0.3 is 9.64 Å². The van der Waals surface area contributed by atoms with Crippen LogP contribution in [-0.4, -0.2) is 61.6 Å². The van der Waals surface area contributed by atoms with E-state index in [1.807, 2.05) is 36.4 Å². The third kappa shape index (κ3) is 5.92. The van der Waals surface area contributed by atoms with Crippen molar-refractivity contribution < 1.29 is 13.9 Å². The fourth-order valence-electron chi connectivity index (χ4n) is 5.23. The number of nitrogens with zero attached hydrogens (tertiary/aromatic N) is 3. The van der Waals surface area contributed by atoms with Crippen molar-refractivity contribution in [3.05, 3.63) is 108 Å². The molecular weight excluding hydrogens is 465 g/mol. The van der Waals surface area contributed by atoms with Crippen LogP contribution in [0, 0.1) is 5.82 Å². The van der Waals surface area contributed by atoms with Gasteiger partial charge in [0.2, 0.25) is 0 Å². The minimum atomic E-state index is -0.373. The van der Waals surface area contributed by atoms with Gasteiger partial charge in [-0.05, 0) is 67.4 Å². The minimum Gasteiger partial charge on any atom is -0.497 e. The number of rotatable bonds is 8.